The summed E-state index contributed by atoms with van der Waals surface area (Å²) in [5, 5.41) is 14.1. The van der Waals surface area contributed by atoms with Crippen molar-refractivity contribution in [3.05, 3.63) is 51.1 Å². The first-order valence-electron chi connectivity index (χ1n) is 5.31. The number of hydrogen-bond donors (Lipinski definition) is 1. The Kier molecular flexibility index (Phi) is 5.10. The Morgan fingerprint density at radius 1 is 1.35 bits per heavy atom. The quantitative estimate of drug-likeness (QED) is 0.830. The van der Waals surface area contributed by atoms with Crippen LogP contribution in [0.5, 0.6) is 0 Å². The number of hydrogen-bond acceptors (Lipinski definition) is 3. The molecule has 1 nitrogen and oxygen atoms in total. The summed E-state index contributed by atoms with van der Waals surface area (Å²) < 4.78 is 1.08. The van der Waals surface area contributed by atoms with Gasteiger partial charge in [0.1, 0.15) is 0 Å². The van der Waals surface area contributed by atoms with Crippen LogP contribution in [0.15, 0.2) is 50.5 Å². The lowest BCUT2D eigenvalue weighted by Crippen LogP contribution is -2.12. The topological polar surface area (TPSA) is 20.2 Å². The van der Waals surface area contributed by atoms with Gasteiger partial charge in [-0.1, -0.05) is 22.0 Å². The van der Waals surface area contributed by atoms with E-state index in [0.29, 0.717) is 0 Å². The third-order valence-corrected chi connectivity index (χ3v) is 4.65. The van der Waals surface area contributed by atoms with E-state index in [4.69, 9.17) is 0 Å². The van der Waals surface area contributed by atoms with Crippen LogP contribution in [0.2, 0.25) is 0 Å². The molecule has 0 saturated carbocycles. The lowest BCUT2D eigenvalue weighted by molar-refractivity contribution is 0.200. The van der Waals surface area contributed by atoms with Gasteiger partial charge in [-0.3, -0.25) is 0 Å². The van der Waals surface area contributed by atoms with Gasteiger partial charge in [0.05, 0.1) is 6.10 Å². The van der Waals surface area contributed by atoms with Gasteiger partial charge in [-0.2, -0.15) is 11.3 Å². The number of thioether (sulfide) groups is 1. The predicted octanol–water partition coefficient (Wildman–Crippen LogP) is 4.21. The van der Waals surface area contributed by atoms with Crippen molar-refractivity contribution in [3.63, 3.8) is 0 Å². The first-order chi connectivity index (χ1) is 8.24. The zero-order chi connectivity index (χ0) is 12.1. The van der Waals surface area contributed by atoms with Gasteiger partial charge in [-0.15, -0.1) is 11.8 Å². The highest BCUT2D eigenvalue weighted by Crippen LogP contribution is 2.23. The highest BCUT2D eigenvalue weighted by Gasteiger charge is 2.07. The first kappa shape index (κ1) is 13.1. The van der Waals surface area contributed by atoms with Gasteiger partial charge in [-0.05, 0) is 47.0 Å². The van der Waals surface area contributed by atoms with E-state index in [2.05, 4.69) is 39.5 Å². The molecule has 0 fully saturated rings. The second-order valence-corrected chi connectivity index (χ2v) is 6.55. The van der Waals surface area contributed by atoms with Crippen molar-refractivity contribution in [1.82, 2.24) is 0 Å². The summed E-state index contributed by atoms with van der Waals surface area (Å²) in [5.74, 6) is 0.728. The summed E-state index contributed by atoms with van der Waals surface area (Å²) in [6.45, 7) is 0. The molecule has 0 saturated heterocycles. The molecule has 0 bridgehead atoms. The molecule has 0 aliphatic rings. The maximum Gasteiger partial charge on any atom is 0.0674 e. The summed E-state index contributed by atoms with van der Waals surface area (Å²) in [4.78, 5) is 1.18. The Balaban J connectivity index is 1.82. The molecule has 0 amide bonds. The third-order valence-electron chi connectivity index (χ3n) is 2.29. The number of benzene rings is 1. The summed E-state index contributed by atoms with van der Waals surface area (Å²) in [6.07, 6.45) is 0.457. The normalized spacial score (nSPS) is 12.6. The van der Waals surface area contributed by atoms with Crippen molar-refractivity contribution in [3.8, 4) is 0 Å². The highest BCUT2D eigenvalue weighted by atomic mass is 79.9. The van der Waals surface area contributed by atoms with E-state index in [1.807, 2.05) is 17.5 Å². The number of thiophene rings is 1. The summed E-state index contributed by atoms with van der Waals surface area (Å²) in [5.41, 5.74) is 1.22. The molecule has 0 spiro atoms. The van der Waals surface area contributed by atoms with Crippen LogP contribution < -0.4 is 0 Å². The Morgan fingerprint density at radius 2 is 2.24 bits per heavy atom. The van der Waals surface area contributed by atoms with Crippen molar-refractivity contribution in [2.75, 3.05) is 5.75 Å². The molecule has 2 rings (SSSR count). The molecule has 90 valence electrons. The molecule has 1 N–H and O–H groups in total. The fourth-order valence-corrected chi connectivity index (χ4v) is 3.61. The van der Waals surface area contributed by atoms with Crippen LogP contribution >= 0.6 is 39.0 Å². The fourth-order valence-electron chi connectivity index (χ4n) is 1.49. The van der Waals surface area contributed by atoms with Crippen LogP contribution in [0.3, 0.4) is 0 Å². The van der Waals surface area contributed by atoms with Gasteiger partial charge in [0.2, 0.25) is 0 Å². The van der Waals surface area contributed by atoms with E-state index in [1.54, 1.807) is 23.1 Å². The van der Waals surface area contributed by atoms with Crippen LogP contribution in [-0.4, -0.2) is 17.0 Å². The van der Waals surface area contributed by atoms with E-state index in [-0.39, 0.29) is 6.10 Å². The molecule has 1 heterocycles. The van der Waals surface area contributed by atoms with E-state index in [1.165, 1.54) is 10.5 Å². The highest BCUT2D eigenvalue weighted by molar-refractivity contribution is 9.10. The molecule has 2 aromatic rings. The van der Waals surface area contributed by atoms with Gasteiger partial charge < -0.3 is 5.11 Å². The number of aliphatic hydroxyl groups excluding tert-OH is 1. The molecule has 0 aliphatic carbocycles. The van der Waals surface area contributed by atoms with Crippen LogP contribution in [0.25, 0.3) is 0 Å². The smallest absolute Gasteiger partial charge is 0.0674 e. The van der Waals surface area contributed by atoms with Gasteiger partial charge in [0.25, 0.3) is 0 Å². The third kappa shape index (κ3) is 4.47. The van der Waals surface area contributed by atoms with Crippen molar-refractivity contribution >= 4 is 39.0 Å². The molecule has 0 aliphatic heterocycles. The monoisotopic (exact) mass is 328 g/mol. The van der Waals surface area contributed by atoms with Crippen molar-refractivity contribution in [2.24, 2.45) is 0 Å². The number of aliphatic hydroxyl groups is 1. The van der Waals surface area contributed by atoms with Gasteiger partial charge in [0, 0.05) is 15.1 Å². The van der Waals surface area contributed by atoms with Crippen LogP contribution in [0, 0.1) is 0 Å². The van der Waals surface area contributed by atoms with Crippen LogP contribution in [0.1, 0.15) is 5.56 Å². The Bertz CT molecular complexity index is 456. The van der Waals surface area contributed by atoms with Gasteiger partial charge in [-0.25, -0.2) is 0 Å². The Labute approximate surface area is 118 Å². The largest absolute Gasteiger partial charge is 0.392 e. The van der Waals surface area contributed by atoms with Crippen molar-refractivity contribution in [1.29, 1.82) is 0 Å². The summed E-state index contributed by atoms with van der Waals surface area (Å²) >= 11 is 6.81. The minimum Gasteiger partial charge on any atom is -0.392 e. The lowest BCUT2D eigenvalue weighted by Gasteiger charge is -2.09. The first-order valence-corrected chi connectivity index (χ1v) is 8.03. The van der Waals surface area contributed by atoms with Crippen molar-refractivity contribution < 1.29 is 5.11 Å². The zero-order valence-corrected chi connectivity index (χ0v) is 12.4. The standard InChI is InChI=1S/C13H13BrOS2/c14-11-2-1-3-13(7-11)17-9-12(15)6-10-4-5-16-8-10/h1-5,7-8,12,15H,6,9H2. The summed E-state index contributed by atoms with van der Waals surface area (Å²) in [6, 6.07) is 10.2. The molecule has 1 atom stereocenters. The van der Waals surface area contributed by atoms with Crippen LogP contribution in [0.4, 0.5) is 0 Å². The minimum atomic E-state index is -0.284. The molecule has 1 aromatic carbocycles. The Morgan fingerprint density at radius 3 is 2.94 bits per heavy atom. The number of halogens is 1. The zero-order valence-electron chi connectivity index (χ0n) is 9.17. The van der Waals surface area contributed by atoms with Crippen molar-refractivity contribution in [2.45, 2.75) is 17.4 Å². The van der Waals surface area contributed by atoms with E-state index >= 15 is 0 Å². The number of rotatable bonds is 5. The average Bonchev–Trinajstić information content (AvgIpc) is 2.79. The average molecular weight is 329 g/mol. The van der Waals surface area contributed by atoms with E-state index < -0.39 is 0 Å². The minimum absolute atomic E-state index is 0.284. The molecule has 1 aromatic heterocycles. The molecular weight excluding hydrogens is 316 g/mol. The lowest BCUT2D eigenvalue weighted by atomic mass is 10.2. The molecule has 17 heavy (non-hydrogen) atoms. The van der Waals surface area contributed by atoms with E-state index in [0.717, 1.165) is 16.6 Å². The summed E-state index contributed by atoms with van der Waals surface area (Å²) in [7, 11) is 0. The fraction of sp³-hybridized carbons (Fsp3) is 0.231. The van der Waals surface area contributed by atoms with Gasteiger partial charge >= 0.3 is 0 Å². The Hall–Kier alpha value is -0.290. The van der Waals surface area contributed by atoms with E-state index in [9.17, 15) is 5.11 Å². The van der Waals surface area contributed by atoms with Gasteiger partial charge in [0.15, 0.2) is 0 Å². The molecule has 0 radical (unpaired) electrons. The maximum atomic E-state index is 9.92. The molecular formula is C13H13BrOS2. The predicted molar refractivity (Wildman–Crippen MR) is 78.9 cm³/mol. The second-order valence-electron chi connectivity index (χ2n) is 3.76. The molecule has 4 heteroatoms. The molecule has 1 unspecified atom stereocenters. The second kappa shape index (κ2) is 6.59. The maximum absolute atomic E-state index is 9.92. The SMILES string of the molecule is OC(CSc1cccc(Br)c1)Cc1ccsc1. The van der Waals surface area contributed by atoms with Crippen LogP contribution in [-0.2, 0) is 6.42 Å².